The van der Waals surface area contributed by atoms with Crippen LogP contribution in [0.2, 0.25) is 5.15 Å². The van der Waals surface area contributed by atoms with Crippen molar-refractivity contribution < 1.29 is 5.11 Å². The minimum absolute atomic E-state index is 0.0148. The number of nitrogens with one attached hydrogen (secondary N) is 1. The molecule has 0 bridgehead atoms. The molecular weight excluding hydrogens is 238 g/mol. The van der Waals surface area contributed by atoms with Gasteiger partial charge in [-0.1, -0.05) is 11.6 Å². The molecule has 2 N–H and O–H groups in total. The Morgan fingerprint density at radius 1 is 1.53 bits per heavy atom. The average molecular weight is 256 g/mol. The van der Waals surface area contributed by atoms with Crippen molar-refractivity contribution in [3.8, 4) is 0 Å². The molecule has 1 aromatic heterocycles. The van der Waals surface area contributed by atoms with Gasteiger partial charge in [0.25, 0.3) is 0 Å². The van der Waals surface area contributed by atoms with Gasteiger partial charge >= 0.3 is 0 Å². The van der Waals surface area contributed by atoms with Gasteiger partial charge in [-0.2, -0.15) is 0 Å². The summed E-state index contributed by atoms with van der Waals surface area (Å²) >= 11 is 5.87. The Labute approximate surface area is 107 Å². The van der Waals surface area contributed by atoms with E-state index in [9.17, 15) is 5.11 Å². The molecule has 1 aromatic rings. The minimum Gasteiger partial charge on any atom is -0.392 e. The highest BCUT2D eigenvalue weighted by atomic mass is 35.5. The number of aliphatic hydroxyl groups is 1. The van der Waals surface area contributed by atoms with Gasteiger partial charge in [-0.15, -0.1) is 0 Å². The number of anilines is 1. The maximum atomic E-state index is 9.25. The molecule has 5 heteroatoms. The van der Waals surface area contributed by atoms with E-state index in [0.717, 1.165) is 37.2 Å². The maximum absolute atomic E-state index is 9.25. The molecular formula is C12H18ClN3O. The van der Waals surface area contributed by atoms with E-state index < -0.39 is 0 Å². The topological polar surface area (TPSA) is 48.4 Å². The van der Waals surface area contributed by atoms with Crippen molar-refractivity contribution in [1.29, 1.82) is 0 Å². The quantitative estimate of drug-likeness (QED) is 0.808. The van der Waals surface area contributed by atoms with Gasteiger partial charge in [0.15, 0.2) is 0 Å². The van der Waals surface area contributed by atoms with Crippen molar-refractivity contribution in [1.82, 2.24) is 9.88 Å². The summed E-state index contributed by atoms with van der Waals surface area (Å²) in [6.07, 6.45) is 3.85. The first-order chi connectivity index (χ1) is 8.19. The van der Waals surface area contributed by atoms with E-state index in [0.29, 0.717) is 11.2 Å². The standard InChI is InChI=1S/C12H18ClN3O/c1-16-4-2-10(3-5-16)15-11-6-12(13)14-7-9(11)8-17/h6-7,10,17H,2-5,8H2,1H3,(H,14,15). The van der Waals surface area contributed by atoms with Crippen LogP contribution in [-0.4, -0.2) is 41.2 Å². The van der Waals surface area contributed by atoms with Gasteiger partial charge < -0.3 is 15.3 Å². The lowest BCUT2D eigenvalue weighted by Crippen LogP contribution is -2.36. The first kappa shape index (κ1) is 12.6. The number of aromatic nitrogens is 1. The molecule has 0 radical (unpaired) electrons. The van der Waals surface area contributed by atoms with Crippen LogP contribution in [0, 0.1) is 0 Å². The molecule has 0 aromatic carbocycles. The lowest BCUT2D eigenvalue weighted by atomic mass is 10.0. The first-order valence-electron chi connectivity index (χ1n) is 5.89. The number of rotatable bonds is 3. The van der Waals surface area contributed by atoms with Gasteiger partial charge in [0, 0.05) is 23.5 Å². The van der Waals surface area contributed by atoms with Crippen LogP contribution in [0.4, 0.5) is 5.69 Å². The predicted octanol–water partition coefficient (Wildman–Crippen LogP) is 1.73. The van der Waals surface area contributed by atoms with E-state index in [1.807, 2.05) is 0 Å². The van der Waals surface area contributed by atoms with E-state index >= 15 is 0 Å². The largest absolute Gasteiger partial charge is 0.392 e. The Morgan fingerprint density at radius 3 is 2.88 bits per heavy atom. The molecule has 2 heterocycles. The Bertz CT molecular complexity index is 378. The summed E-state index contributed by atoms with van der Waals surface area (Å²) in [4.78, 5) is 6.30. The minimum atomic E-state index is -0.0148. The zero-order chi connectivity index (χ0) is 12.3. The maximum Gasteiger partial charge on any atom is 0.131 e. The van der Waals surface area contributed by atoms with Crippen molar-refractivity contribution in [2.24, 2.45) is 0 Å². The van der Waals surface area contributed by atoms with Crippen molar-refractivity contribution in [3.63, 3.8) is 0 Å². The molecule has 1 fully saturated rings. The second-order valence-corrected chi connectivity index (χ2v) is 4.93. The molecule has 0 spiro atoms. The van der Waals surface area contributed by atoms with Gasteiger partial charge in [-0.3, -0.25) is 0 Å². The lowest BCUT2D eigenvalue weighted by Gasteiger charge is -2.30. The number of hydrogen-bond donors (Lipinski definition) is 2. The zero-order valence-corrected chi connectivity index (χ0v) is 10.7. The van der Waals surface area contributed by atoms with Crippen molar-refractivity contribution in [2.45, 2.75) is 25.5 Å². The van der Waals surface area contributed by atoms with E-state index in [4.69, 9.17) is 11.6 Å². The van der Waals surface area contributed by atoms with E-state index in [1.165, 1.54) is 0 Å². The fraction of sp³-hybridized carbons (Fsp3) is 0.583. The molecule has 0 amide bonds. The Kier molecular flexibility index (Phi) is 4.20. The molecule has 1 saturated heterocycles. The van der Waals surface area contributed by atoms with Crippen LogP contribution in [0.5, 0.6) is 0 Å². The van der Waals surface area contributed by atoms with Crippen LogP contribution in [0.3, 0.4) is 0 Å². The summed E-state index contributed by atoms with van der Waals surface area (Å²) in [7, 11) is 2.14. The van der Waals surface area contributed by atoms with Crippen LogP contribution in [-0.2, 0) is 6.61 Å². The smallest absolute Gasteiger partial charge is 0.131 e. The average Bonchev–Trinajstić information content (AvgIpc) is 2.32. The summed E-state index contributed by atoms with van der Waals surface area (Å²) < 4.78 is 0. The molecule has 2 rings (SSSR count). The Balaban J connectivity index is 2.04. The molecule has 1 aliphatic heterocycles. The molecule has 0 saturated carbocycles. The summed E-state index contributed by atoms with van der Waals surface area (Å²) in [6, 6.07) is 2.24. The van der Waals surface area contributed by atoms with Gasteiger partial charge in [0.2, 0.25) is 0 Å². The highest BCUT2D eigenvalue weighted by Gasteiger charge is 2.17. The lowest BCUT2D eigenvalue weighted by molar-refractivity contribution is 0.263. The van der Waals surface area contributed by atoms with Gasteiger partial charge in [0.05, 0.1) is 6.61 Å². The molecule has 0 atom stereocenters. The predicted molar refractivity (Wildman–Crippen MR) is 69.3 cm³/mol. The molecule has 1 aliphatic rings. The number of pyridine rings is 1. The summed E-state index contributed by atoms with van der Waals surface area (Å²) in [5.74, 6) is 0. The summed E-state index contributed by atoms with van der Waals surface area (Å²) in [5, 5.41) is 13.2. The molecule has 94 valence electrons. The van der Waals surface area contributed by atoms with Crippen LogP contribution < -0.4 is 5.32 Å². The molecule has 4 nitrogen and oxygen atoms in total. The van der Waals surface area contributed by atoms with Crippen molar-refractivity contribution in [3.05, 3.63) is 23.0 Å². The molecule has 17 heavy (non-hydrogen) atoms. The van der Waals surface area contributed by atoms with E-state index in [-0.39, 0.29) is 6.61 Å². The molecule has 0 unspecified atom stereocenters. The Morgan fingerprint density at radius 2 is 2.24 bits per heavy atom. The van der Waals surface area contributed by atoms with Gasteiger partial charge in [-0.05, 0) is 39.0 Å². The summed E-state index contributed by atoms with van der Waals surface area (Å²) in [6.45, 7) is 2.19. The fourth-order valence-corrected chi connectivity index (χ4v) is 2.25. The monoisotopic (exact) mass is 255 g/mol. The van der Waals surface area contributed by atoms with Crippen LogP contribution in [0.15, 0.2) is 12.3 Å². The molecule has 0 aliphatic carbocycles. The van der Waals surface area contributed by atoms with Crippen LogP contribution in [0.25, 0.3) is 0 Å². The number of nitrogens with zero attached hydrogens (tertiary/aromatic N) is 2. The second kappa shape index (κ2) is 5.67. The fourth-order valence-electron chi connectivity index (χ4n) is 2.09. The SMILES string of the molecule is CN1CCC(Nc2cc(Cl)ncc2CO)CC1. The van der Waals surface area contributed by atoms with Crippen molar-refractivity contribution in [2.75, 3.05) is 25.5 Å². The third-order valence-electron chi connectivity index (χ3n) is 3.20. The number of likely N-dealkylation sites (tertiary alicyclic amines) is 1. The van der Waals surface area contributed by atoms with E-state index in [2.05, 4.69) is 22.2 Å². The van der Waals surface area contributed by atoms with Gasteiger partial charge in [-0.25, -0.2) is 4.98 Å². The second-order valence-electron chi connectivity index (χ2n) is 4.54. The number of aliphatic hydroxyl groups excluding tert-OH is 1. The van der Waals surface area contributed by atoms with Crippen LogP contribution in [0.1, 0.15) is 18.4 Å². The Hall–Kier alpha value is -0.840. The number of piperidine rings is 1. The van der Waals surface area contributed by atoms with Crippen LogP contribution >= 0.6 is 11.6 Å². The highest BCUT2D eigenvalue weighted by Crippen LogP contribution is 2.22. The van der Waals surface area contributed by atoms with Gasteiger partial charge in [0.1, 0.15) is 5.15 Å². The highest BCUT2D eigenvalue weighted by molar-refractivity contribution is 6.29. The summed E-state index contributed by atoms with van der Waals surface area (Å²) in [5.41, 5.74) is 1.70. The zero-order valence-electron chi connectivity index (χ0n) is 9.99. The third kappa shape index (κ3) is 3.31. The third-order valence-corrected chi connectivity index (χ3v) is 3.41. The number of halogens is 1. The van der Waals surface area contributed by atoms with Crippen molar-refractivity contribution >= 4 is 17.3 Å². The first-order valence-corrected chi connectivity index (χ1v) is 6.27. The normalized spacial score (nSPS) is 18.3. The van der Waals surface area contributed by atoms with E-state index in [1.54, 1.807) is 12.3 Å². The number of hydrogen-bond acceptors (Lipinski definition) is 4.